The first-order chi connectivity index (χ1) is 9.50. The zero-order valence-electron chi connectivity index (χ0n) is 11.1. The van der Waals surface area contributed by atoms with Crippen LogP contribution >= 0.6 is 31.9 Å². The van der Waals surface area contributed by atoms with Crippen LogP contribution in [0.4, 0.5) is 5.69 Å². The molecule has 20 heavy (non-hydrogen) atoms. The van der Waals surface area contributed by atoms with Crippen LogP contribution in [-0.2, 0) is 9.59 Å². The molecular weight excluding hydrogens is 386 g/mol. The highest BCUT2D eigenvalue weighted by atomic mass is 79.9. The highest BCUT2D eigenvalue weighted by Crippen LogP contribution is 2.44. The van der Waals surface area contributed by atoms with Gasteiger partial charge in [0.2, 0.25) is 11.8 Å². The maximum absolute atomic E-state index is 12.6. The van der Waals surface area contributed by atoms with Gasteiger partial charge < -0.3 is 0 Å². The van der Waals surface area contributed by atoms with E-state index in [2.05, 4.69) is 31.9 Å². The number of carbonyl (C=O) groups is 2. The lowest BCUT2D eigenvalue weighted by atomic mass is 9.81. The third kappa shape index (κ3) is 2.15. The van der Waals surface area contributed by atoms with Crippen LogP contribution in [0.1, 0.15) is 18.4 Å². The van der Waals surface area contributed by atoms with E-state index >= 15 is 0 Å². The summed E-state index contributed by atoms with van der Waals surface area (Å²) in [7, 11) is 0. The van der Waals surface area contributed by atoms with Gasteiger partial charge in [-0.05, 0) is 31.4 Å². The van der Waals surface area contributed by atoms with E-state index in [1.807, 2.05) is 31.2 Å². The van der Waals surface area contributed by atoms with Gasteiger partial charge in [0.1, 0.15) is 0 Å². The third-order valence-electron chi connectivity index (χ3n) is 4.27. The van der Waals surface area contributed by atoms with Gasteiger partial charge in [-0.25, -0.2) is 4.90 Å². The summed E-state index contributed by atoms with van der Waals surface area (Å²) in [6.45, 7) is 1.93. The smallest absolute Gasteiger partial charge is 0.237 e. The lowest BCUT2D eigenvalue weighted by Crippen LogP contribution is -2.34. The van der Waals surface area contributed by atoms with Crippen molar-refractivity contribution in [2.45, 2.75) is 29.4 Å². The SMILES string of the molecule is Cc1ccccc1N1C(=O)[C@H]2C[C@@H](Br)[C@@H](Br)C[C@@H]2C1=O. The molecule has 3 rings (SSSR count). The molecule has 3 nitrogen and oxygen atoms in total. The number of anilines is 1. The molecule has 0 spiro atoms. The quantitative estimate of drug-likeness (QED) is 0.535. The van der Waals surface area contributed by atoms with Crippen LogP contribution in [0, 0.1) is 18.8 Å². The molecule has 1 heterocycles. The molecule has 2 amide bonds. The minimum Gasteiger partial charge on any atom is -0.274 e. The Morgan fingerprint density at radius 1 is 1.00 bits per heavy atom. The molecule has 2 fully saturated rings. The van der Waals surface area contributed by atoms with Crippen LogP contribution in [0.3, 0.4) is 0 Å². The molecule has 1 aromatic carbocycles. The van der Waals surface area contributed by atoms with Gasteiger partial charge in [-0.3, -0.25) is 9.59 Å². The largest absolute Gasteiger partial charge is 0.274 e. The number of alkyl halides is 2. The first kappa shape index (κ1) is 14.3. The summed E-state index contributed by atoms with van der Waals surface area (Å²) < 4.78 is 0. The fourth-order valence-corrected chi connectivity index (χ4v) is 4.38. The number of fused-ring (bicyclic) bond motifs is 1. The number of benzene rings is 1. The van der Waals surface area contributed by atoms with Gasteiger partial charge in [-0.1, -0.05) is 50.1 Å². The Balaban J connectivity index is 1.97. The minimum absolute atomic E-state index is 0.0434. The van der Waals surface area contributed by atoms with Crippen molar-refractivity contribution in [3.63, 3.8) is 0 Å². The number of carbonyl (C=O) groups excluding carboxylic acids is 2. The molecule has 0 unspecified atom stereocenters. The van der Waals surface area contributed by atoms with E-state index in [1.165, 1.54) is 4.90 Å². The van der Waals surface area contributed by atoms with E-state index in [0.29, 0.717) is 12.8 Å². The summed E-state index contributed by atoms with van der Waals surface area (Å²) in [6, 6.07) is 7.56. The Morgan fingerprint density at radius 3 is 2.00 bits per heavy atom. The summed E-state index contributed by atoms with van der Waals surface area (Å²) in [6.07, 6.45) is 1.43. The zero-order chi connectivity index (χ0) is 14.4. The Morgan fingerprint density at radius 2 is 1.50 bits per heavy atom. The Hall–Kier alpha value is -0.680. The molecule has 1 aromatic rings. The predicted octanol–water partition coefficient (Wildman–Crippen LogP) is 3.42. The number of amides is 2. The van der Waals surface area contributed by atoms with E-state index < -0.39 is 0 Å². The lowest BCUT2D eigenvalue weighted by molar-refractivity contribution is -0.122. The molecule has 0 bridgehead atoms. The number of para-hydroxylation sites is 1. The van der Waals surface area contributed by atoms with Crippen molar-refractivity contribution in [2.24, 2.45) is 11.8 Å². The van der Waals surface area contributed by atoms with Crippen LogP contribution in [0.15, 0.2) is 24.3 Å². The Kier molecular flexibility index (Phi) is 3.75. The number of hydrogen-bond acceptors (Lipinski definition) is 2. The maximum Gasteiger partial charge on any atom is 0.237 e. The number of hydrogen-bond donors (Lipinski definition) is 0. The molecule has 106 valence electrons. The van der Waals surface area contributed by atoms with Gasteiger partial charge in [-0.2, -0.15) is 0 Å². The molecule has 2 aliphatic rings. The van der Waals surface area contributed by atoms with Gasteiger partial charge in [0, 0.05) is 9.65 Å². The summed E-state index contributed by atoms with van der Waals surface area (Å²) >= 11 is 7.20. The second kappa shape index (κ2) is 5.26. The second-order valence-electron chi connectivity index (χ2n) is 5.51. The van der Waals surface area contributed by atoms with Crippen molar-refractivity contribution in [2.75, 3.05) is 4.90 Å². The molecular formula is C15H15Br2NO2. The van der Waals surface area contributed by atoms with Crippen molar-refractivity contribution in [1.82, 2.24) is 0 Å². The van der Waals surface area contributed by atoms with Crippen LogP contribution < -0.4 is 4.90 Å². The number of nitrogens with zero attached hydrogens (tertiary/aromatic N) is 1. The zero-order valence-corrected chi connectivity index (χ0v) is 14.2. The van der Waals surface area contributed by atoms with E-state index in [-0.39, 0.29) is 33.3 Å². The Labute approximate surface area is 135 Å². The van der Waals surface area contributed by atoms with Gasteiger partial charge in [0.25, 0.3) is 0 Å². The van der Waals surface area contributed by atoms with Gasteiger partial charge in [-0.15, -0.1) is 0 Å². The summed E-state index contributed by atoms with van der Waals surface area (Å²) in [5.41, 5.74) is 1.69. The minimum atomic E-state index is -0.180. The average Bonchev–Trinajstić information content (AvgIpc) is 2.64. The highest BCUT2D eigenvalue weighted by molar-refractivity contribution is 9.12. The molecule has 4 atom stereocenters. The van der Waals surface area contributed by atoms with E-state index in [9.17, 15) is 9.59 Å². The van der Waals surface area contributed by atoms with Crippen LogP contribution in [0.2, 0.25) is 0 Å². The maximum atomic E-state index is 12.6. The van der Waals surface area contributed by atoms with Crippen molar-refractivity contribution in [3.8, 4) is 0 Å². The monoisotopic (exact) mass is 399 g/mol. The third-order valence-corrected chi connectivity index (χ3v) is 7.00. The van der Waals surface area contributed by atoms with E-state index in [4.69, 9.17) is 0 Å². The molecule has 0 aromatic heterocycles. The fourth-order valence-electron chi connectivity index (χ4n) is 3.15. The predicted molar refractivity (Wildman–Crippen MR) is 85.3 cm³/mol. The van der Waals surface area contributed by atoms with E-state index in [0.717, 1.165) is 11.3 Å². The second-order valence-corrected chi connectivity index (χ2v) is 7.87. The highest BCUT2D eigenvalue weighted by Gasteiger charge is 2.52. The van der Waals surface area contributed by atoms with Gasteiger partial charge in [0.05, 0.1) is 17.5 Å². The first-order valence-electron chi connectivity index (χ1n) is 6.72. The van der Waals surface area contributed by atoms with E-state index in [1.54, 1.807) is 0 Å². The number of aryl methyl sites for hydroxylation is 1. The summed E-state index contributed by atoms with van der Waals surface area (Å²) in [4.78, 5) is 27.1. The number of rotatable bonds is 1. The molecule has 1 aliphatic carbocycles. The molecule has 1 saturated heterocycles. The Bertz CT molecular complexity index is 547. The van der Waals surface area contributed by atoms with Crippen molar-refractivity contribution >= 4 is 49.4 Å². The van der Waals surface area contributed by atoms with Crippen molar-refractivity contribution < 1.29 is 9.59 Å². The number of halogens is 2. The fraction of sp³-hybridized carbons (Fsp3) is 0.467. The summed E-state index contributed by atoms with van der Waals surface area (Å²) in [5, 5.41) is 0. The lowest BCUT2D eigenvalue weighted by Gasteiger charge is -2.29. The normalized spacial score (nSPS) is 33.5. The standard InChI is InChI=1S/C15H15Br2NO2/c1-8-4-2-3-5-13(8)18-14(19)9-6-11(16)12(17)7-10(9)15(18)20/h2-5,9-12H,6-7H2,1H3/t9-,10-,11-,12+/m0/s1. The van der Waals surface area contributed by atoms with Crippen LogP contribution in [-0.4, -0.2) is 21.5 Å². The molecule has 5 heteroatoms. The van der Waals surface area contributed by atoms with Gasteiger partial charge >= 0.3 is 0 Å². The van der Waals surface area contributed by atoms with Gasteiger partial charge in [0.15, 0.2) is 0 Å². The first-order valence-corrected chi connectivity index (χ1v) is 8.55. The molecule has 0 radical (unpaired) electrons. The topological polar surface area (TPSA) is 37.4 Å². The van der Waals surface area contributed by atoms with Crippen molar-refractivity contribution in [3.05, 3.63) is 29.8 Å². The number of imide groups is 1. The molecule has 0 N–H and O–H groups in total. The van der Waals surface area contributed by atoms with Crippen molar-refractivity contribution in [1.29, 1.82) is 0 Å². The average molecular weight is 401 g/mol. The van der Waals surface area contributed by atoms with Crippen LogP contribution in [0.25, 0.3) is 0 Å². The molecule has 1 aliphatic heterocycles. The summed E-state index contributed by atoms with van der Waals surface area (Å²) in [5.74, 6) is -0.447. The van der Waals surface area contributed by atoms with Crippen LogP contribution in [0.5, 0.6) is 0 Å². The molecule has 1 saturated carbocycles.